The second kappa shape index (κ2) is 7.20. The highest BCUT2D eigenvalue weighted by Crippen LogP contribution is 2.36. The summed E-state index contributed by atoms with van der Waals surface area (Å²) in [6.07, 6.45) is 0. The summed E-state index contributed by atoms with van der Waals surface area (Å²) in [5.74, 6) is 0. The van der Waals surface area contributed by atoms with Crippen LogP contribution in [0.5, 0.6) is 0 Å². The Balaban J connectivity index is 2.25. The molecule has 1 nitrogen and oxygen atoms in total. The molecule has 0 unspecified atom stereocenters. The monoisotopic (exact) mass is 311 g/mol. The Morgan fingerprint density at radius 3 is 2.47 bits per heavy atom. The largest absolute Gasteiger partial charge is 0.313 e. The first-order valence-electron chi connectivity index (χ1n) is 6.12. The third-order valence-corrected chi connectivity index (χ3v) is 4.52. The first-order chi connectivity index (χ1) is 9.20. The molecular weight excluding hydrogens is 297 g/mol. The zero-order valence-corrected chi connectivity index (χ0v) is 12.9. The topological polar surface area (TPSA) is 12.0 Å². The van der Waals surface area contributed by atoms with Crippen LogP contribution in [0.25, 0.3) is 0 Å². The average molecular weight is 312 g/mol. The first kappa shape index (κ1) is 14.7. The standard InChI is InChI=1S/C15H15Cl2NS/c1-2-18-10-11-4-3-5-14(17)15(11)19-13-8-6-12(16)7-9-13/h3-9,18H,2,10H2,1H3. The lowest BCUT2D eigenvalue weighted by atomic mass is 10.2. The molecular formula is C15H15Cl2NS. The van der Waals surface area contributed by atoms with Crippen molar-refractivity contribution < 1.29 is 0 Å². The summed E-state index contributed by atoms with van der Waals surface area (Å²) in [6, 6.07) is 13.8. The molecule has 0 saturated heterocycles. The van der Waals surface area contributed by atoms with E-state index in [-0.39, 0.29) is 0 Å². The summed E-state index contributed by atoms with van der Waals surface area (Å²) in [7, 11) is 0. The van der Waals surface area contributed by atoms with Crippen molar-refractivity contribution in [2.24, 2.45) is 0 Å². The van der Waals surface area contributed by atoms with E-state index in [9.17, 15) is 0 Å². The highest BCUT2D eigenvalue weighted by atomic mass is 35.5. The van der Waals surface area contributed by atoms with Gasteiger partial charge in [0.05, 0.1) is 5.02 Å². The van der Waals surface area contributed by atoms with E-state index < -0.39 is 0 Å². The fraction of sp³-hybridized carbons (Fsp3) is 0.200. The lowest BCUT2D eigenvalue weighted by molar-refractivity contribution is 0.718. The fourth-order valence-electron chi connectivity index (χ4n) is 1.69. The predicted molar refractivity (Wildman–Crippen MR) is 84.4 cm³/mol. The predicted octanol–water partition coefficient (Wildman–Crippen LogP) is 5.25. The number of hydrogen-bond acceptors (Lipinski definition) is 2. The summed E-state index contributed by atoms with van der Waals surface area (Å²) in [5, 5.41) is 4.87. The molecule has 0 aliphatic carbocycles. The summed E-state index contributed by atoms with van der Waals surface area (Å²) in [6.45, 7) is 3.86. The molecule has 0 saturated carbocycles. The molecule has 0 aromatic heterocycles. The quantitative estimate of drug-likeness (QED) is 0.809. The van der Waals surface area contributed by atoms with Gasteiger partial charge in [0.2, 0.25) is 0 Å². The second-order valence-electron chi connectivity index (χ2n) is 4.06. The van der Waals surface area contributed by atoms with Crippen molar-refractivity contribution in [3.8, 4) is 0 Å². The van der Waals surface area contributed by atoms with Crippen LogP contribution in [0.2, 0.25) is 10.0 Å². The van der Waals surface area contributed by atoms with E-state index >= 15 is 0 Å². The van der Waals surface area contributed by atoms with Crippen LogP contribution in [0.1, 0.15) is 12.5 Å². The summed E-state index contributed by atoms with van der Waals surface area (Å²) in [4.78, 5) is 2.24. The Morgan fingerprint density at radius 2 is 1.79 bits per heavy atom. The van der Waals surface area contributed by atoms with Crippen molar-refractivity contribution in [2.45, 2.75) is 23.3 Å². The molecule has 0 fully saturated rings. The highest BCUT2D eigenvalue weighted by Gasteiger charge is 2.08. The van der Waals surface area contributed by atoms with Gasteiger partial charge >= 0.3 is 0 Å². The van der Waals surface area contributed by atoms with Crippen LogP contribution in [0.3, 0.4) is 0 Å². The molecule has 2 rings (SSSR count). The van der Waals surface area contributed by atoms with Crippen molar-refractivity contribution >= 4 is 35.0 Å². The molecule has 0 aliphatic heterocycles. The third kappa shape index (κ3) is 4.15. The zero-order valence-electron chi connectivity index (χ0n) is 10.6. The maximum atomic E-state index is 6.31. The van der Waals surface area contributed by atoms with Gasteiger partial charge in [0.1, 0.15) is 0 Å². The minimum absolute atomic E-state index is 0.747. The molecule has 0 bridgehead atoms. The van der Waals surface area contributed by atoms with E-state index in [2.05, 4.69) is 18.3 Å². The van der Waals surface area contributed by atoms with Gasteiger partial charge in [-0.1, -0.05) is 54.0 Å². The molecule has 0 spiro atoms. The van der Waals surface area contributed by atoms with Crippen molar-refractivity contribution in [1.82, 2.24) is 5.32 Å². The Hall–Kier alpha value is -0.670. The molecule has 1 N–H and O–H groups in total. The van der Waals surface area contributed by atoms with Crippen molar-refractivity contribution in [1.29, 1.82) is 0 Å². The maximum Gasteiger partial charge on any atom is 0.0548 e. The Labute approximate surface area is 128 Å². The number of rotatable bonds is 5. The number of benzene rings is 2. The van der Waals surface area contributed by atoms with Crippen LogP contribution in [-0.2, 0) is 6.54 Å². The molecule has 100 valence electrons. The lowest BCUT2D eigenvalue weighted by Crippen LogP contribution is -2.12. The summed E-state index contributed by atoms with van der Waals surface area (Å²) in [5.41, 5.74) is 1.22. The maximum absolute atomic E-state index is 6.31. The van der Waals surface area contributed by atoms with Gasteiger partial charge < -0.3 is 5.32 Å². The van der Waals surface area contributed by atoms with Crippen LogP contribution < -0.4 is 5.32 Å². The Kier molecular flexibility index (Phi) is 5.59. The highest BCUT2D eigenvalue weighted by molar-refractivity contribution is 7.99. The van der Waals surface area contributed by atoms with Gasteiger partial charge in [-0.2, -0.15) is 0 Å². The molecule has 0 heterocycles. The third-order valence-electron chi connectivity index (χ3n) is 2.65. The van der Waals surface area contributed by atoms with Crippen LogP contribution in [0.4, 0.5) is 0 Å². The molecule has 4 heteroatoms. The smallest absolute Gasteiger partial charge is 0.0548 e. The van der Waals surface area contributed by atoms with Crippen molar-refractivity contribution in [3.63, 3.8) is 0 Å². The van der Waals surface area contributed by atoms with Crippen LogP contribution in [-0.4, -0.2) is 6.54 Å². The Morgan fingerprint density at radius 1 is 1.05 bits per heavy atom. The van der Waals surface area contributed by atoms with Crippen molar-refractivity contribution in [2.75, 3.05) is 6.54 Å². The zero-order chi connectivity index (χ0) is 13.7. The normalized spacial score (nSPS) is 10.7. The van der Waals surface area contributed by atoms with Gasteiger partial charge in [-0.15, -0.1) is 0 Å². The first-order valence-corrected chi connectivity index (χ1v) is 7.69. The molecule has 2 aromatic carbocycles. The average Bonchev–Trinajstić information content (AvgIpc) is 2.42. The van der Waals surface area contributed by atoms with Gasteiger partial charge in [-0.25, -0.2) is 0 Å². The SMILES string of the molecule is CCNCc1cccc(Cl)c1Sc1ccc(Cl)cc1. The molecule has 0 atom stereocenters. The van der Waals surface area contributed by atoms with Crippen LogP contribution >= 0.6 is 35.0 Å². The molecule has 0 amide bonds. The van der Waals surface area contributed by atoms with E-state index in [0.29, 0.717) is 0 Å². The Bertz CT molecular complexity index is 540. The van der Waals surface area contributed by atoms with Crippen LogP contribution in [0, 0.1) is 0 Å². The van der Waals surface area contributed by atoms with E-state index in [1.807, 2.05) is 36.4 Å². The summed E-state index contributed by atoms with van der Waals surface area (Å²) < 4.78 is 0. The van der Waals surface area contributed by atoms with E-state index in [4.69, 9.17) is 23.2 Å². The molecule has 2 aromatic rings. The minimum Gasteiger partial charge on any atom is -0.313 e. The second-order valence-corrected chi connectivity index (χ2v) is 5.99. The van der Waals surface area contributed by atoms with Crippen molar-refractivity contribution in [3.05, 3.63) is 58.1 Å². The molecule has 19 heavy (non-hydrogen) atoms. The molecule has 0 aliphatic rings. The molecule has 0 radical (unpaired) electrons. The minimum atomic E-state index is 0.747. The van der Waals surface area contributed by atoms with Gasteiger partial charge in [-0.05, 0) is 42.4 Å². The fourth-order valence-corrected chi connectivity index (χ4v) is 3.07. The number of hydrogen-bond donors (Lipinski definition) is 1. The van der Waals surface area contributed by atoms with Gasteiger partial charge in [0, 0.05) is 21.4 Å². The van der Waals surface area contributed by atoms with E-state index in [1.165, 1.54) is 5.56 Å². The summed E-state index contributed by atoms with van der Waals surface area (Å²) >= 11 is 13.9. The van der Waals surface area contributed by atoms with Crippen LogP contribution in [0.15, 0.2) is 52.3 Å². The number of halogens is 2. The van der Waals surface area contributed by atoms with Gasteiger partial charge in [-0.3, -0.25) is 0 Å². The lowest BCUT2D eigenvalue weighted by Gasteiger charge is -2.11. The van der Waals surface area contributed by atoms with E-state index in [0.717, 1.165) is 32.9 Å². The number of nitrogens with one attached hydrogen (secondary N) is 1. The van der Waals surface area contributed by atoms with Gasteiger partial charge in [0.15, 0.2) is 0 Å². The van der Waals surface area contributed by atoms with Gasteiger partial charge in [0.25, 0.3) is 0 Å². The van der Waals surface area contributed by atoms with E-state index in [1.54, 1.807) is 11.8 Å².